The molecule has 23 heavy (non-hydrogen) atoms. The first-order valence-corrected chi connectivity index (χ1v) is 7.64. The molecule has 0 aliphatic carbocycles. The normalized spacial score (nSPS) is 9.83. The highest BCUT2D eigenvalue weighted by Gasteiger charge is 2.03. The van der Waals surface area contributed by atoms with Crippen molar-refractivity contribution in [3.63, 3.8) is 0 Å². The van der Waals surface area contributed by atoms with Crippen molar-refractivity contribution in [2.75, 3.05) is 16.0 Å². The molecule has 0 heterocycles. The summed E-state index contributed by atoms with van der Waals surface area (Å²) in [5.74, 6) is -0.109. The third-order valence-electron chi connectivity index (χ3n) is 2.94. The standard InChI is InChI=1S/C17H16ClN3OS/c1-3-12-4-5-15(10-16(12)18)21-17(23)20-14-8-6-13(7-9-14)19-11(2)22/h3-10H,1H2,2H3,(H,19,22)(H2,20,21,23). The van der Waals surface area contributed by atoms with Crippen molar-refractivity contribution in [3.05, 3.63) is 59.6 Å². The molecule has 0 bridgehead atoms. The van der Waals surface area contributed by atoms with Gasteiger partial charge in [0.15, 0.2) is 5.11 Å². The van der Waals surface area contributed by atoms with Crippen molar-refractivity contribution < 1.29 is 4.79 Å². The van der Waals surface area contributed by atoms with E-state index in [1.807, 2.05) is 24.3 Å². The molecule has 0 aliphatic heterocycles. The third kappa shape index (κ3) is 5.09. The molecule has 0 aliphatic rings. The molecular formula is C17H16ClN3OS. The monoisotopic (exact) mass is 345 g/mol. The van der Waals surface area contributed by atoms with E-state index in [1.165, 1.54) is 6.92 Å². The molecule has 1 amide bonds. The maximum atomic E-state index is 11.0. The number of halogens is 1. The van der Waals surface area contributed by atoms with E-state index in [0.29, 0.717) is 10.1 Å². The van der Waals surface area contributed by atoms with Crippen LogP contribution in [0.4, 0.5) is 17.1 Å². The minimum atomic E-state index is -0.109. The lowest BCUT2D eigenvalue weighted by atomic mass is 10.2. The Bertz CT molecular complexity index is 744. The Labute approximate surface area is 145 Å². The number of benzene rings is 2. The molecule has 0 radical (unpaired) electrons. The minimum absolute atomic E-state index is 0.109. The summed E-state index contributed by atoms with van der Waals surface area (Å²) in [4.78, 5) is 11.0. The predicted octanol–water partition coefficient (Wildman–Crippen LogP) is 4.75. The number of thiocarbonyl (C=S) groups is 1. The van der Waals surface area contributed by atoms with E-state index in [2.05, 4.69) is 22.5 Å². The molecule has 2 aromatic rings. The van der Waals surface area contributed by atoms with Crippen LogP contribution in [0.15, 0.2) is 49.0 Å². The first kappa shape index (κ1) is 17.0. The van der Waals surface area contributed by atoms with Crippen molar-refractivity contribution in [2.24, 2.45) is 0 Å². The van der Waals surface area contributed by atoms with Crippen molar-refractivity contribution in [1.82, 2.24) is 0 Å². The number of amides is 1. The SMILES string of the molecule is C=Cc1ccc(NC(=S)Nc2ccc(NC(C)=O)cc2)cc1Cl. The fraction of sp³-hybridized carbons (Fsp3) is 0.0588. The van der Waals surface area contributed by atoms with Crippen molar-refractivity contribution in [2.45, 2.75) is 6.92 Å². The molecule has 0 aromatic heterocycles. The first-order valence-electron chi connectivity index (χ1n) is 6.85. The van der Waals surface area contributed by atoms with Gasteiger partial charge in [-0.2, -0.15) is 0 Å². The fourth-order valence-electron chi connectivity index (χ4n) is 1.90. The molecule has 0 saturated heterocycles. The summed E-state index contributed by atoms with van der Waals surface area (Å²) in [6, 6.07) is 12.8. The molecule has 6 heteroatoms. The highest BCUT2D eigenvalue weighted by Crippen LogP contribution is 2.22. The first-order chi connectivity index (χ1) is 11.0. The zero-order valence-electron chi connectivity index (χ0n) is 12.5. The second kappa shape index (κ2) is 7.76. The molecule has 0 saturated carbocycles. The van der Waals surface area contributed by atoms with Gasteiger partial charge in [-0.25, -0.2) is 0 Å². The smallest absolute Gasteiger partial charge is 0.221 e. The van der Waals surface area contributed by atoms with Crippen molar-refractivity contribution in [3.8, 4) is 0 Å². The lowest BCUT2D eigenvalue weighted by molar-refractivity contribution is -0.114. The summed E-state index contributed by atoms with van der Waals surface area (Å²) in [6.45, 7) is 5.16. The van der Waals surface area contributed by atoms with E-state index in [9.17, 15) is 4.79 Å². The average molecular weight is 346 g/mol. The zero-order chi connectivity index (χ0) is 16.8. The summed E-state index contributed by atoms with van der Waals surface area (Å²) in [5.41, 5.74) is 3.19. The Kier molecular flexibility index (Phi) is 5.73. The van der Waals surface area contributed by atoms with E-state index in [-0.39, 0.29) is 5.91 Å². The molecule has 0 fully saturated rings. The Hall–Kier alpha value is -2.37. The van der Waals surface area contributed by atoms with Crippen LogP contribution in [0.2, 0.25) is 5.02 Å². The number of anilines is 3. The van der Waals surface area contributed by atoms with Gasteiger partial charge in [0.25, 0.3) is 0 Å². The topological polar surface area (TPSA) is 53.2 Å². The van der Waals surface area contributed by atoms with Gasteiger partial charge in [0.2, 0.25) is 5.91 Å². The molecule has 118 valence electrons. The summed E-state index contributed by atoms with van der Waals surface area (Å²) in [5, 5.41) is 9.88. The van der Waals surface area contributed by atoms with Gasteiger partial charge in [-0.3, -0.25) is 4.79 Å². The van der Waals surface area contributed by atoms with E-state index in [4.69, 9.17) is 23.8 Å². The maximum absolute atomic E-state index is 11.0. The van der Waals surface area contributed by atoms with Gasteiger partial charge >= 0.3 is 0 Å². The van der Waals surface area contributed by atoms with Gasteiger partial charge in [0, 0.05) is 29.0 Å². The van der Waals surface area contributed by atoms with E-state index in [1.54, 1.807) is 24.3 Å². The highest BCUT2D eigenvalue weighted by atomic mass is 35.5. The number of hydrogen-bond donors (Lipinski definition) is 3. The largest absolute Gasteiger partial charge is 0.332 e. The van der Waals surface area contributed by atoms with Gasteiger partial charge in [0.05, 0.1) is 0 Å². The molecule has 0 atom stereocenters. The third-order valence-corrected chi connectivity index (χ3v) is 3.47. The average Bonchev–Trinajstić information content (AvgIpc) is 2.49. The van der Waals surface area contributed by atoms with E-state index < -0.39 is 0 Å². The van der Waals surface area contributed by atoms with E-state index in [0.717, 1.165) is 22.6 Å². The second-order valence-corrected chi connectivity index (χ2v) is 5.59. The molecule has 0 spiro atoms. The predicted molar refractivity (Wildman–Crippen MR) is 102 cm³/mol. The summed E-state index contributed by atoms with van der Waals surface area (Å²) in [7, 11) is 0. The van der Waals surface area contributed by atoms with Gasteiger partial charge < -0.3 is 16.0 Å². The molecule has 2 rings (SSSR count). The number of carbonyl (C=O) groups is 1. The van der Waals surface area contributed by atoms with Crippen LogP contribution in [0.1, 0.15) is 12.5 Å². The van der Waals surface area contributed by atoms with Crippen LogP contribution in [0.25, 0.3) is 6.08 Å². The van der Waals surface area contributed by atoms with E-state index >= 15 is 0 Å². The van der Waals surface area contributed by atoms with Crippen LogP contribution in [-0.4, -0.2) is 11.0 Å². The Morgan fingerprint density at radius 1 is 1.04 bits per heavy atom. The Morgan fingerprint density at radius 2 is 1.57 bits per heavy atom. The second-order valence-electron chi connectivity index (χ2n) is 4.78. The molecule has 2 aromatic carbocycles. The Morgan fingerprint density at radius 3 is 2.09 bits per heavy atom. The number of hydrogen-bond acceptors (Lipinski definition) is 2. The van der Waals surface area contributed by atoms with Crippen LogP contribution in [0.5, 0.6) is 0 Å². The number of carbonyl (C=O) groups excluding carboxylic acids is 1. The van der Waals surface area contributed by atoms with Crippen LogP contribution in [-0.2, 0) is 4.79 Å². The number of nitrogens with one attached hydrogen (secondary N) is 3. The van der Waals surface area contributed by atoms with Gasteiger partial charge in [0.1, 0.15) is 0 Å². The van der Waals surface area contributed by atoms with Crippen molar-refractivity contribution in [1.29, 1.82) is 0 Å². The lowest BCUT2D eigenvalue weighted by Crippen LogP contribution is -2.19. The fourth-order valence-corrected chi connectivity index (χ4v) is 2.40. The zero-order valence-corrected chi connectivity index (χ0v) is 14.1. The summed E-state index contributed by atoms with van der Waals surface area (Å²) >= 11 is 11.4. The molecule has 3 N–H and O–H groups in total. The molecular weight excluding hydrogens is 330 g/mol. The van der Waals surface area contributed by atoms with Crippen LogP contribution < -0.4 is 16.0 Å². The summed E-state index contributed by atoms with van der Waals surface area (Å²) < 4.78 is 0. The molecule has 0 unspecified atom stereocenters. The van der Waals surface area contributed by atoms with Gasteiger partial charge in [-0.15, -0.1) is 0 Å². The lowest BCUT2D eigenvalue weighted by Gasteiger charge is -2.12. The summed E-state index contributed by atoms with van der Waals surface area (Å²) in [6.07, 6.45) is 1.69. The van der Waals surface area contributed by atoms with Crippen molar-refractivity contribution >= 4 is 58.0 Å². The minimum Gasteiger partial charge on any atom is -0.332 e. The highest BCUT2D eigenvalue weighted by molar-refractivity contribution is 7.80. The van der Waals surface area contributed by atoms with Crippen LogP contribution in [0, 0.1) is 0 Å². The van der Waals surface area contributed by atoms with Gasteiger partial charge in [-0.05, 0) is 54.2 Å². The Balaban J connectivity index is 1.97. The number of rotatable bonds is 4. The quantitative estimate of drug-likeness (QED) is 0.700. The van der Waals surface area contributed by atoms with Crippen LogP contribution in [0.3, 0.4) is 0 Å². The van der Waals surface area contributed by atoms with Gasteiger partial charge in [-0.1, -0.05) is 30.3 Å². The molecule has 4 nitrogen and oxygen atoms in total. The van der Waals surface area contributed by atoms with Crippen LogP contribution >= 0.6 is 23.8 Å². The maximum Gasteiger partial charge on any atom is 0.221 e.